The highest BCUT2D eigenvalue weighted by Crippen LogP contribution is 2.42. The van der Waals surface area contributed by atoms with Crippen LogP contribution in [0.4, 0.5) is 0 Å². The molecule has 5 aromatic rings. The van der Waals surface area contributed by atoms with Gasteiger partial charge in [-0.3, -0.25) is 4.98 Å². The number of nitrogens with zero attached hydrogens (tertiary/aromatic N) is 8. The van der Waals surface area contributed by atoms with Crippen molar-refractivity contribution in [3.63, 3.8) is 0 Å². The fourth-order valence-corrected chi connectivity index (χ4v) is 6.05. The monoisotopic (exact) mass is 520 g/mol. The molecule has 39 heavy (non-hydrogen) atoms. The SMILES string of the molecule is Cc1nnn(C)c1-c1cnc2c3ccc(C(C)(C)N=[N+]=[N-])cc3n(C(c3ccccc3)C3CCOCC3)c2c1. The van der Waals surface area contributed by atoms with Crippen LogP contribution < -0.4 is 0 Å². The molecule has 4 heterocycles. The molecule has 1 unspecified atom stereocenters. The Balaban J connectivity index is 1.69. The highest BCUT2D eigenvalue weighted by Gasteiger charge is 2.31. The number of rotatable bonds is 6. The lowest BCUT2D eigenvalue weighted by molar-refractivity contribution is 0.0553. The first-order chi connectivity index (χ1) is 18.9. The van der Waals surface area contributed by atoms with Gasteiger partial charge >= 0.3 is 0 Å². The zero-order valence-electron chi connectivity index (χ0n) is 22.7. The van der Waals surface area contributed by atoms with Crippen molar-refractivity contribution in [2.24, 2.45) is 18.1 Å². The van der Waals surface area contributed by atoms with Crippen molar-refractivity contribution in [3.05, 3.63) is 88.1 Å². The van der Waals surface area contributed by atoms with E-state index in [2.05, 4.69) is 79.5 Å². The predicted molar refractivity (Wildman–Crippen MR) is 152 cm³/mol. The van der Waals surface area contributed by atoms with Gasteiger partial charge in [-0.15, -0.1) is 5.10 Å². The molecule has 0 N–H and O–H groups in total. The Morgan fingerprint density at radius 1 is 1.08 bits per heavy atom. The highest BCUT2D eigenvalue weighted by atomic mass is 16.5. The zero-order valence-corrected chi connectivity index (χ0v) is 22.7. The van der Waals surface area contributed by atoms with Crippen LogP contribution in [0.1, 0.15) is 49.6 Å². The summed E-state index contributed by atoms with van der Waals surface area (Å²) in [6, 6.07) is 19.4. The molecular formula is C30H32N8O. The van der Waals surface area contributed by atoms with Crippen molar-refractivity contribution < 1.29 is 4.74 Å². The van der Waals surface area contributed by atoms with Gasteiger partial charge in [0.2, 0.25) is 0 Å². The van der Waals surface area contributed by atoms with Crippen LogP contribution in [0.15, 0.2) is 65.9 Å². The van der Waals surface area contributed by atoms with Crippen LogP contribution in [-0.2, 0) is 17.3 Å². The molecule has 0 radical (unpaired) electrons. The second-order valence-electron chi connectivity index (χ2n) is 10.9. The van der Waals surface area contributed by atoms with Crippen LogP contribution in [0.3, 0.4) is 0 Å². The van der Waals surface area contributed by atoms with Gasteiger partial charge in [-0.25, -0.2) is 4.68 Å². The van der Waals surface area contributed by atoms with Crippen molar-refractivity contribution in [3.8, 4) is 11.3 Å². The summed E-state index contributed by atoms with van der Waals surface area (Å²) in [7, 11) is 1.91. The second-order valence-corrected chi connectivity index (χ2v) is 10.9. The van der Waals surface area contributed by atoms with Gasteiger partial charge in [0.15, 0.2) is 0 Å². The van der Waals surface area contributed by atoms with Gasteiger partial charge in [0, 0.05) is 42.3 Å². The molecule has 1 aliphatic heterocycles. The number of benzene rings is 2. The lowest BCUT2D eigenvalue weighted by Gasteiger charge is -2.33. The van der Waals surface area contributed by atoms with E-state index in [4.69, 9.17) is 9.72 Å². The quantitative estimate of drug-likeness (QED) is 0.139. The van der Waals surface area contributed by atoms with Crippen LogP contribution in [0.25, 0.3) is 43.6 Å². The average molecular weight is 521 g/mol. The molecule has 9 heteroatoms. The first-order valence-electron chi connectivity index (χ1n) is 13.4. The van der Waals surface area contributed by atoms with Gasteiger partial charge in [0.1, 0.15) is 0 Å². The molecule has 3 aromatic heterocycles. The third kappa shape index (κ3) is 4.33. The van der Waals surface area contributed by atoms with E-state index in [-0.39, 0.29) is 6.04 Å². The molecule has 1 atom stereocenters. The summed E-state index contributed by atoms with van der Waals surface area (Å²) in [6.45, 7) is 7.37. The largest absolute Gasteiger partial charge is 0.381 e. The van der Waals surface area contributed by atoms with Gasteiger partial charge in [-0.05, 0) is 54.5 Å². The van der Waals surface area contributed by atoms with E-state index in [1.165, 1.54) is 5.56 Å². The number of aromatic nitrogens is 5. The maximum Gasteiger partial charge on any atom is 0.0960 e. The summed E-state index contributed by atoms with van der Waals surface area (Å²) in [4.78, 5) is 8.14. The molecular weight excluding hydrogens is 488 g/mol. The van der Waals surface area contributed by atoms with Crippen LogP contribution in [0.2, 0.25) is 0 Å². The summed E-state index contributed by atoms with van der Waals surface area (Å²) >= 11 is 0. The van der Waals surface area contributed by atoms with Gasteiger partial charge in [-0.1, -0.05) is 66.6 Å². The summed E-state index contributed by atoms with van der Waals surface area (Å²) in [5.41, 5.74) is 16.6. The molecule has 1 fully saturated rings. The van der Waals surface area contributed by atoms with E-state index in [9.17, 15) is 5.53 Å². The van der Waals surface area contributed by atoms with E-state index in [1.54, 1.807) is 4.68 Å². The fourth-order valence-electron chi connectivity index (χ4n) is 6.05. The zero-order chi connectivity index (χ0) is 27.1. The average Bonchev–Trinajstić information content (AvgIpc) is 3.45. The maximum atomic E-state index is 9.24. The number of hydrogen-bond donors (Lipinski definition) is 0. The van der Waals surface area contributed by atoms with Gasteiger partial charge in [-0.2, -0.15) is 0 Å². The smallest absolute Gasteiger partial charge is 0.0960 e. The minimum absolute atomic E-state index is 0.0794. The number of pyridine rings is 1. The number of azide groups is 1. The van der Waals surface area contributed by atoms with E-state index in [0.717, 1.165) is 70.5 Å². The molecule has 1 saturated heterocycles. The molecule has 0 aliphatic carbocycles. The van der Waals surface area contributed by atoms with Crippen molar-refractivity contribution in [1.29, 1.82) is 0 Å². The number of hydrogen-bond acceptors (Lipinski definition) is 5. The summed E-state index contributed by atoms with van der Waals surface area (Å²) < 4.78 is 10.0. The predicted octanol–water partition coefficient (Wildman–Crippen LogP) is 6.85. The Labute approximate surface area is 227 Å². The normalized spacial score (nSPS) is 15.5. The van der Waals surface area contributed by atoms with Gasteiger partial charge in [0.05, 0.1) is 39.5 Å². The summed E-state index contributed by atoms with van der Waals surface area (Å²) in [6.07, 6.45) is 3.87. The maximum absolute atomic E-state index is 9.24. The van der Waals surface area contributed by atoms with E-state index in [1.807, 2.05) is 34.0 Å². The first kappa shape index (κ1) is 25.1. The summed E-state index contributed by atoms with van der Waals surface area (Å²) in [5.74, 6) is 0.387. The minimum atomic E-state index is -0.693. The standard InChI is InChI=1S/C30H32N8O/c1-19-28(37(4)36-33-19)22-16-26-27(32-18-22)24-11-10-23(30(2,3)34-35-31)17-25(24)38(26)29(20-8-6-5-7-9-20)21-12-14-39-15-13-21/h5-11,16-18,21,29H,12-15H2,1-4H3. The highest BCUT2D eigenvalue weighted by molar-refractivity contribution is 6.07. The molecule has 0 amide bonds. The van der Waals surface area contributed by atoms with E-state index in [0.29, 0.717) is 5.92 Å². The van der Waals surface area contributed by atoms with Crippen molar-refractivity contribution in [1.82, 2.24) is 24.5 Å². The van der Waals surface area contributed by atoms with E-state index < -0.39 is 5.54 Å². The van der Waals surface area contributed by atoms with Crippen LogP contribution in [-0.4, -0.2) is 37.8 Å². The Kier molecular flexibility index (Phi) is 6.33. The Bertz CT molecular complexity index is 1690. The van der Waals surface area contributed by atoms with Crippen LogP contribution in [0, 0.1) is 12.8 Å². The topological polar surface area (TPSA) is 107 Å². The fraction of sp³-hybridized carbons (Fsp3) is 0.367. The number of fused-ring (bicyclic) bond motifs is 3. The number of ether oxygens (including phenoxy) is 1. The lowest BCUT2D eigenvalue weighted by atomic mass is 9.86. The van der Waals surface area contributed by atoms with Crippen LogP contribution in [0.5, 0.6) is 0 Å². The molecule has 6 rings (SSSR count). The van der Waals surface area contributed by atoms with Crippen molar-refractivity contribution >= 4 is 21.9 Å². The molecule has 0 saturated carbocycles. The lowest BCUT2D eigenvalue weighted by Crippen LogP contribution is -2.27. The van der Waals surface area contributed by atoms with E-state index >= 15 is 0 Å². The Morgan fingerprint density at radius 2 is 1.85 bits per heavy atom. The van der Waals surface area contributed by atoms with Crippen LogP contribution >= 0.6 is 0 Å². The molecule has 198 valence electrons. The molecule has 1 aliphatic rings. The van der Waals surface area contributed by atoms with Crippen molar-refractivity contribution in [2.75, 3.05) is 13.2 Å². The van der Waals surface area contributed by atoms with Gasteiger partial charge in [0.25, 0.3) is 0 Å². The summed E-state index contributed by atoms with van der Waals surface area (Å²) in [5, 5.41) is 13.7. The Hall–Kier alpha value is -4.20. The molecule has 0 bridgehead atoms. The minimum Gasteiger partial charge on any atom is -0.381 e. The third-order valence-corrected chi connectivity index (χ3v) is 8.04. The Morgan fingerprint density at radius 3 is 2.54 bits per heavy atom. The molecule has 9 nitrogen and oxygen atoms in total. The number of aryl methyl sites for hydroxylation is 2. The van der Waals surface area contributed by atoms with Crippen molar-refractivity contribution in [2.45, 2.75) is 45.2 Å². The molecule has 2 aromatic carbocycles. The van der Waals surface area contributed by atoms with Gasteiger partial charge < -0.3 is 9.30 Å². The molecule has 0 spiro atoms. The third-order valence-electron chi connectivity index (χ3n) is 8.04. The second kappa shape index (κ2) is 9.84. The first-order valence-corrected chi connectivity index (χ1v) is 13.4.